The third kappa shape index (κ3) is 4.14. The van der Waals surface area contributed by atoms with E-state index in [4.69, 9.17) is 0 Å². The molecule has 1 aromatic heterocycles. The highest BCUT2D eigenvalue weighted by Crippen LogP contribution is 2.14. The summed E-state index contributed by atoms with van der Waals surface area (Å²) in [5.41, 5.74) is 2.32. The summed E-state index contributed by atoms with van der Waals surface area (Å²) >= 11 is 0. The van der Waals surface area contributed by atoms with Crippen LogP contribution in [-0.4, -0.2) is 35.4 Å². The third-order valence-corrected chi connectivity index (χ3v) is 3.08. The molecule has 5 nitrogen and oxygen atoms in total. The highest BCUT2D eigenvalue weighted by atomic mass is 16.1. The molecule has 2 N–H and O–H groups in total. The molecule has 0 saturated carbocycles. The van der Waals surface area contributed by atoms with Gasteiger partial charge in [0.25, 0.3) is 5.91 Å². The summed E-state index contributed by atoms with van der Waals surface area (Å²) in [5, 5.41) is 6.12. The zero-order valence-corrected chi connectivity index (χ0v) is 12.4. The summed E-state index contributed by atoms with van der Waals surface area (Å²) in [6.45, 7) is 2.00. The maximum atomic E-state index is 12.0. The van der Waals surface area contributed by atoms with Gasteiger partial charge < -0.3 is 5.32 Å². The lowest BCUT2D eigenvalue weighted by molar-refractivity contribution is -0.464. The zero-order valence-electron chi connectivity index (χ0n) is 12.4. The number of nitrogens with zero attached hydrogens (tertiary/aromatic N) is 2. The molecule has 0 radical (unpaired) electrons. The Morgan fingerprint density at radius 3 is 2.00 bits per heavy atom. The lowest BCUT2D eigenvalue weighted by Crippen LogP contribution is -2.18. The Bertz CT molecular complexity index is 644. The number of rotatable bonds is 3. The number of carbonyl (C=O) groups excluding carboxylic acids is 1. The summed E-state index contributed by atoms with van der Waals surface area (Å²) in [4.78, 5) is 15.9. The van der Waals surface area contributed by atoms with Crippen LogP contribution in [0.4, 0.5) is 11.4 Å². The second-order valence-electron chi connectivity index (χ2n) is 4.87. The number of pyridine rings is 1. The molecule has 21 heavy (non-hydrogen) atoms. The number of carbonyl (C=O) groups is 1. The highest BCUT2D eigenvalue weighted by Gasteiger charge is 2.06. The van der Waals surface area contributed by atoms with Gasteiger partial charge >= 0.3 is 0 Å². The summed E-state index contributed by atoms with van der Waals surface area (Å²) in [5.74, 6) is 0.901. The van der Waals surface area contributed by atoms with Crippen LogP contribution in [0, 0.1) is 0 Å². The van der Waals surface area contributed by atoms with Crippen LogP contribution < -0.4 is 10.6 Å². The summed E-state index contributed by atoms with van der Waals surface area (Å²) in [7, 11) is 3.96. The van der Waals surface area contributed by atoms with E-state index in [1.807, 2.05) is 49.9 Å². The monoisotopic (exact) mass is 283 g/mol. The first kappa shape index (κ1) is 14.7. The maximum Gasteiger partial charge on any atom is 0.255 e. The minimum Gasteiger partial charge on any atom is -0.322 e. The second-order valence-corrected chi connectivity index (χ2v) is 4.87. The molecule has 2 aromatic rings. The summed E-state index contributed by atoms with van der Waals surface area (Å²) in [6, 6.07) is 10.9. The highest BCUT2D eigenvalue weighted by molar-refractivity contribution is 6.04. The van der Waals surface area contributed by atoms with Gasteiger partial charge in [-0.15, -0.1) is 0 Å². The smallest absolute Gasteiger partial charge is 0.255 e. The molecule has 1 heterocycles. The Kier molecular flexibility index (Phi) is 4.66. The molecule has 0 unspecified atom stereocenters. The van der Waals surface area contributed by atoms with E-state index in [0.717, 1.165) is 17.2 Å². The summed E-state index contributed by atoms with van der Waals surface area (Å²) < 4.78 is 2.00. The maximum absolute atomic E-state index is 12.0. The molecule has 0 aliphatic rings. The van der Waals surface area contributed by atoms with Gasteiger partial charge in [0.1, 0.15) is 5.69 Å². The minimum atomic E-state index is -0.144. The molecule has 0 spiro atoms. The van der Waals surface area contributed by atoms with E-state index in [9.17, 15) is 4.79 Å². The van der Waals surface area contributed by atoms with Crippen LogP contribution in [0.3, 0.4) is 0 Å². The molecular formula is C16H19N4O+. The average Bonchev–Trinajstić information content (AvgIpc) is 2.50. The Balaban J connectivity index is 2.03. The van der Waals surface area contributed by atoms with Gasteiger partial charge in [-0.3, -0.25) is 14.4 Å². The van der Waals surface area contributed by atoms with Crippen molar-refractivity contribution < 1.29 is 9.37 Å². The number of aromatic nitrogens is 1. The fourth-order valence-corrected chi connectivity index (χ4v) is 1.66. The van der Waals surface area contributed by atoms with E-state index < -0.39 is 0 Å². The number of nitrogens with one attached hydrogen (secondary N) is 2. The van der Waals surface area contributed by atoms with E-state index in [-0.39, 0.29) is 5.91 Å². The van der Waals surface area contributed by atoms with Crippen LogP contribution in [0.15, 0.2) is 48.8 Å². The quantitative estimate of drug-likeness (QED) is 0.517. The normalized spacial score (nSPS) is 9.86. The number of anilines is 2. The molecule has 2 rings (SSSR count). The molecule has 1 aromatic carbocycles. The molecule has 1 amide bonds. The van der Waals surface area contributed by atoms with Crippen molar-refractivity contribution in [2.75, 3.05) is 24.7 Å². The Hall–Kier alpha value is -2.69. The predicted octanol–water partition coefficient (Wildman–Crippen LogP) is 2.44. The Labute approximate surface area is 124 Å². The number of amides is 1. The number of hydrogen-bond acceptors (Lipinski definition) is 2. The first-order valence-corrected chi connectivity index (χ1v) is 6.65. The van der Waals surface area contributed by atoms with E-state index in [1.165, 1.54) is 0 Å². The van der Waals surface area contributed by atoms with Gasteiger partial charge in [-0.2, -0.15) is 0 Å². The minimum absolute atomic E-state index is 0.144. The van der Waals surface area contributed by atoms with Gasteiger partial charge in [-0.1, -0.05) is 0 Å². The first-order chi connectivity index (χ1) is 10.1. The fourth-order valence-electron chi connectivity index (χ4n) is 1.66. The van der Waals surface area contributed by atoms with Gasteiger partial charge in [-0.25, -0.2) is 5.32 Å². The van der Waals surface area contributed by atoms with Crippen molar-refractivity contribution >= 4 is 23.1 Å². The van der Waals surface area contributed by atoms with Crippen LogP contribution >= 0.6 is 0 Å². The molecule has 0 aliphatic carbocycles. The van der Waals surface area contributed by atoms with E-state index in [1.54, 1.807) is 24.5 Å². The number of benzene rings is 1. The molecule has 108 valence electrons. The molecule has 0 saturated heterocycles. The van der Waals surface area contributed by atoms with Crippen LogP contribution in [0.1, 0.15) is 17.3 Å². The lowest BCUT2D eigenvalue weighted by atomic mass is 10.2. The molecular weight excluding hydrogens is 264 g/mol. The lowest BCUT2D eigenvalue weighted by Gasteiger charge is -2.06. The Morgan fingerprint density at radius 1 is 0.952 bits per heavy atom. The zero-order chi connectivity index (χ0) is 15.2. The van der Waals surface area contributed by atoms with Crippen LogP contribution in [0.25, 0.3) is 0 Å². The molecule has 0 fully saturated rings. The van der Waals surface area contributed by atoms with Crippen molar-refractivity contribution in [1.29, 1.82) is 0 Å². The fraction of sp³-hybridized carbons (Fsp3) is 0.188. The van der Waals surface area contributed by atoms with E-state index >= 15 is 0 Å². The van der Waals surface area contributed by atoms with Crippen molar-refractivity contribution in [3.05, 3.63) is 54.4 Å². The van der Waals surface area contributed by atoms with Gasteiger partial charge in [0.15, 0.2) is 0 Å². The van der Waals surface area contributed by atoms with Gasteiger partial charge in [0.05, 0.1) is 14.1 Å². The largest absolute Gasteiger partial charge is 0.322 e. The Morgan fingerprint density at radius 2 is 1.48 bits per heavy atom. The standard InChI is InChI=1S/C16H18N4O/c1-12(20(2)3)18-14-4-6-15(7-5-14)19-16(21)13-8-10-17-11-9-13/h4-11H,1-3H3,(H,19,21)/p+1. The molecule has 5 heteroatoms. The predicted molar refractivity (Wildman–Crippen MR) is 85.0 cm³/mol. The molecule has 0 atom stereocenters. The number of amidine groups is 1. The average molecular weight is 283 g/mol. The van der Waals surface area contributed by atoms with Crippen LogP contribution in [-0.2, 0) is 0 Å². The van der Waals surface area contributed by atoms with E-state index in [0.29, 0.717) is 5.56 Å². The number of hydrogen-bond donors (Lipinski definition) is 2. The molecule has 0 aliphatic heterocycles. The van der Waals surface area contributed by atoms with Gasteiger partial charge in [0, 0.05) is 30.6 Å². The van der Waals surface area contributed by atoms with E-state index in [2.05, 4.69) is 15.6 Å². The first-order valence-electron chi connectivity index (χ1n) is 6.65. The topological polar surface area (TPSA) is 57.0 Å². The third-order valence-electron chi connectivity index (χ3n) is 3.08. The van der Waals surface area contributed by atoms with Gasteiger partial charge in [-0.05, 0) is 36.4 Å². The van der Waals surface area contributed by atoms with Gasteiger partial charge in [0.2, 0.25) is 5.84 Å². The SMILES string of the molecule is CC(Nc1ccc(NC(=O)c2ccncc2)cc1)=[N+](C)C. The van der Waals surface area contributed by atoms with Crippen molar-refractivity contribution in [3.8, 4) is 0 Å². The van der Waals surface area contributed by atoms with Crippen LogP contribution in [0.2, 0.25) is 0 Å². The molecule has 0 bridgehead atoms. The summed E-state index contributed by atoms with van der Waals surface area (Å²) in [6.07, 6.45) is 3.20. The van der Waals surface area contributed by atoms with Crippen molar-refractivity contribution in [1.82, 2.24) is 4.98 Å². The second kappa shape index (κ2) is 6.65. The van der Waals surface area contributed by atoms with Crippen LogP contribution in [0.5, 0.6) is 0 Å². The van der Waals surface area contributed by atoms with Crippen molar-refractivity contribution in [2.24, 2.45) is 0 Å². The van der Waals surface area contributed by atoms with Crippen molar-refractivity contribution in [3.63, 3.8) is 0 Å². The van der Waals surface area contributed by atoms with Crippen molar-refractivity contribution in [2.45, 2.75) is 6.92 Å².